The van der Waals surface area contributed by atoms with Crippen LogP contribution in [0.1, 0.15) is 42.6 Å². The summed E-state index contributed by atoms with van der Waals surface area (Å²) >= 11 is 5.06. The topological polar surface area (TPSA) is 75.3 Å². The molecule has 1 amide bonds. The zero-order valence-corrected chi connectivity index (χ0v) is 12.3. The van der Waals surface area contributed by atoms with Gasteiger partial charge < -0.3 is 16.2 Å². The Morgan fingerprint density at radius 2 is 2.00 bits per heavy atom. The average Bonchev–Trinajstić information content (AvgIpc) is 2.38. The maximum atomic E-state index is 12.2. The number of thiocarbonyl (C=S) groups is 1. The molecule has 0 atom stereocenters. The minimum Gasteiger partial charge on any atom is -0.508 e. The van der Waals surface area contributed by atoms with E-state index in [9.17, 15) is 9.90 Å². The lowest BCUT2D eigenvalue weighted by molar-refractivity contribution is 0.0919. The van der Waals surface area contributed by atoms with Crippen molar-refractivity contribution in [1.29, 1.82) is 0 Å². The van der Waals surface area contributed by atoms with Gasteiger partial charge in [0.25, 0.3) is 5.91 Å². The predicted molar refractivity (Wildman–Crippen MR) is 80.4 cm³/mol. The van der Waals surface area contributed by atoms with Gasteiger partial charge in [-0.2, -0.15) is 0 Å². The summed E-state index contributed by atoms with van der Waals surface area (Å²) in [5.41, 5.74) is 6.19. The van der Waals surface area contributed by atoms with Crippen molar-refractivity contribution in [3.8, 4) is 5.75 Å². The molecule has 0 saturated heterocycles. The Labute approximate surface area is 119 Å². The van der Waals surface area contributed by atoms with Crippen LogP contribution in [0.3, 0.4) is 0 Å². The van der Waals surface area contributed by atoms with Gasteiger partial charge in [-0.15, -0.1) is 0 Å². The summed E-state index contributed by atoms with van der Waals surface area (Å²) in [7, 11) is 0. The molecule has 0 heterocycles. The first kappa shape index (κ1) is 15.4. The van der Waals surface area contributed by atoms with E-state index in [1.54, 1.807) is 19.1 Å². The molecule has 0 radical (unpaired) electrons. The zero-order valence-electron chi connectivity index (χ0n) is 11.5. The number of hydrogen-bond donors (Lipinski definition) is 3. The lowest BCUT2D eigenvalue weighted by atomic mass is 9.92. The molecule has 19 heavy (non-hydrogen) atoms. The quantitative estimate of drug-likeness (QED) is 0.723. The summed E-state index contributed by atoms with van der Waals surface area (Å²) in [4.78, 5) is 12.5. The third kappa shape index (κ3) is 3.23. The highest BCUT2D eigenvalue weighted by Gasteiger charge is 2.31. The summed E-state index contributed by atoms with van der Waals surface area (Å²) < 4.78 is 0. The predicted octanol–water partition coefficient (Wildman–Crippen LogP) is 2.28. The van der Waals surface area contributed by atoms with Crippen LogP contribution < -0.4 is 11.1 Å². The Morgan fingerprint density at radius 3 is 2.42 bits per heavy atom. The van der Waals surface area contributed by atoms with E-state index in [1.807, 2.05) is 13.8 Å². The van der Waals surface area contributed by atoms with Gasteiger partial charge in [-0.05, 0) is 37.5 Å². The van der Waals surface area contributed by atoms with Crippen molar-refractivity contribution in [3.05, 3.63) is 29.3 Å². The molecule has 4 nitrogen and oxygen atoms in total. The average molecular weight is 280 g/mol. The molecular formula is C14H20N2O2S. The fraction of sp³-hybridized carbons (Fsp3) is 0.429. The fourth-order valence-electron chi connectivity index (χ4n) is 1.88. The van der Waals surface area contributed by atoms with Gasteiger partial charge in [-0.3, -0.25) is 4.79 Å². The molecule has 0 saturated carbocycles. The summed E-state index contributed by atoms with van der Waals surface area (Å²) in [5.74, 6) is -0.187. The summed E-state index contributed by atoms with van der Waals surface area (Å²) in [5, 5.41) is 12.5. The second-order valence-electron chi connectivity index (χ2n) is 4.61. The molecule has 0 unspecified atom stereocenters. The van der Waals surface area contributed by atoms with E-state index in [2.05, 4.69) is 5.32 Å². The number of nitrogens with two attached hydrogens (primary N) is 1. The van der Waals surface area contributed by atoms with Crippen molar-refractivity contribution in [1.82, 2.24) is 5.32 Å². The Balaban J connectivity index is 3.00. The smallest absolute Gasteiger partial charge is 0.252 e. The van der Waals surface area contributed by atoms with E-state index in [0.717, 1.165) is 5.56 Å². The lowest BCUT2D eigenvalue weighted by Crippen LogP contribution is -2.55. The van der Waals surface area contributed by atoms with Crippen molar-refractivity contribution in [2.45, 2.75) is 39.2 Å². The maximum Gasteiger partial charge on any atom is 0.252 e. The molecule has 4 N–H and O–H groups in total. The number of phenolic OH excluding ortho intramolecular Hbond substituents is 1. The molecule has 1 rings (SSSR count). The van der Waals surface area contributed by atoms with Gasteiger partial charge in [0.05, 0.1) is 10.5 Å². The first-order valence-corrected chi connectivity index (χ1v) is 6.69. The van der Waals surface area contributed by atoms with Gasteiger partial charge in [0.1, 0.15) is 5.75 Å². The van der Waals surface area contributed by atoms with Crippen molar-refractivity contribution in [2.75, 3.05) is 0 Å². The summed E-state index contributed by atoms with van der Waals surface area (Å²) in [6.45, 7) is 5.62. The standard InChI is InChI=1S/C14H20N2O2S/c1-4-14(5-2,13(15)19)16-12(18)10-7-6-9(3)11(17)8-10/h6-8,17H,4-5H2,1-3H3,(H2,15,19)(H,16,18). The molecule has 0 spiro atoms. The molecule has 1 aromatic carbocycles. The Morgan fingerprint density at radius 1 is 1.42 bits per heavy atom. The van der Waals surface area contributed by atoms with E-state index < -0.39 is 5.54 Å². The Bertz CT molecular complexity index is 496. The molecule has 0 aliphatic rings. The fourth-order valence-corrected chi connectivity index (χ4v) is 2.22. The maximum absolute atomic E-state index is 12.2. The van der Waals surface area contributed by atoms with E-state index in [1.165, 1.54) is 6.07 Å². The monoisotopic (exact) mass is 280 g/mol. The van der Waals surface area contributed by atoms with Crippen LogP contribution in [0, 0.1) is 6.92 Å². The molecule has 0 bridgehead atoms. The van der Waals surface area contributed by atoms with E-state index >= 15 is 0 Å². The molecule has 5 heteroatoms. The number of nitrogens with one attached hydrogen (secondary N) is 1. The van der Waals surface area contributed by atoms with Gasteiger partial charge in [0.15, 0.2) is 0 Å². The zero-order chi connectivity index (χ0) is 14.6. The minimum absolute atomic E-state index is 0.0987. The molecule has 0 aromatic heterocycles. The van der Waals surface area contributed by atoms with Crippen LogP contribution in [-0.4, -0.2) is 21.5 Å². The van der Waals surface area contributed by atoms with Gasteiger partial charge in [0.2, 0.25) is 0 Å². The normalized spacial score (nSPS) is 11.1. The van der Waals surface area contributed by atoms with Gasteiger partial charge in [-0.1, -0.05) is 32.1 Å². The number of aryl methyl sites for hydroxylation is 1. The van der Waals surface area contributed by atoms with Gasteiger partial charge in [0, 0.05) is 5.56 Å². The number of carbonyl (C=O) groups is 1. The molecule has 0 fully saturated rings. The van der Waals surface area contributed by atoms with Crippen molar-refractivity contribution < 1.29 is 9.90 Å². The van der Waals surface area contributed by atoms with Crippen LogP contribution in [0.25, 0.3) is 0 Å². The number of hydrogen-bond acceptors (Lipinski definition) is 3. The number of rotatable bonds is 5. The van der Waals surface area contributed by atoms with Crippen LogP contribution >= 0.6 is 12.2 Å². The van der Waals surface area contributed by atoms with Gasteiger partial charge >= 0.3 is 0 Å². The van der Waals surface area contributed by atoms with Gasteiger partial charge in [-0.25, -0.2) is 0 Å². The van der Waals surface area contributed by atoms with Crippen molar-refractivity contribution in [2.24, 2.45) is 5.73 Å². The number of aromatic hydroxyl groups is 1. The lowest BCUT2D eigenvalue weighted by Gasteiger charge is -2.31. The van der Waals surface area contributed by atoms with E-state index in [4.69, 9.17) is 18.0 Å². The van der Waals surface area contributed by atoms with Crippen molar-refractivity contribution in [3.63, 3.8) is 0 Å². The van der Waals surface area contributed by atoms with Crippen LogP contribution in [0.5, 0.6) is 5.75 Å². The molecule has 0 aliphatic heterocycles. The van der Waals surface area contributed by atoms with Crippen LogP contribution in [0.2, 0.25) is 0 Å². The SMILES string of the molecule is CCC(CC)(NC(=O)c1ccc(C)c(O)c1)C(N)=S. The number of carbonyl (C=O) groups excluding carboxylic acids is 1. The molecular weight excluding hydrogens is 260 g/mol. The Hall–Kier alpha value is -1.62. The number of phenols is 1. The second-order valence-corrected chi connectivity index (χ2v) is 5.05. The highest BCUT2D eigenvalue weighted by molar-refractivity contribution is 7.80. The van der Waals surface area contributed by atoms with Crippen LogP contribution in [-0.2, 0) is 0 Å². The second kappa shape index (κ2) is 6.02. The Kier molecular flexibility index (Phi) is 4.89. The van der Waals surface area contributed by atoms with Crippen LogP contribution in [0.15, 0.2) is 18.2 Å². The minimum atomic E-state index is -0.674. The highest BCUT2D eigenvalue weighted by Crippen LogP contribution is 2.20. The van der Waals surface area contributed by atoms with Crippen LogP contribution in [0.4, 0.5) is 0 Å². The van der Waals surface area contributed by atoms with E-state index in [-0.39, 0.29) is 16.6 Å². The first-order valence-electron chi connectivity index (χ1n) is 6.28. The highest BCUT2D eigenvalue weighted by atomic mass is 32.1. The number of benzene rings is 1. The third-order valence-corrected chi connectivity index (χ3v) is 3.89. The molecule has 104 valence electrons. The molecule has 0 aliphatic carbocycles. The molecule has 1 aromatic rings. The summed E-state index contributed by atoms with van der Waals surface area (Å²) in [6, 6.07) is 4.81. The number of amides is 1. The first-order chi connectivity index (χ1) is 8.86. The largest absolute Gasteiger partial charge is 0.508 e. The van der Waals surface area contributed by atoms with E-state index in [0.29, 0.717) is 18.4 Å². The summed E-state index contributed by atoms with van der Waals surface area (Å²) in [6.07, 6.45) is 1.25. The third-order valence-electron chi connectivity index (χ3n) is 3.50. The van der Waals surface area contributed by atoms with Crippen molar-refractivity contribution >= 4 is 23.1 Å².